The lowest BCUT2D eigenvalue weighted by molar-refractivity contribution is -0.119. The Kier molecular flexibility index (Phi) is 5.51. The lowest BCUT2D eigenvalue weighted by Crippen LogP contribution is -2.31. The van der Waals surface area contributed by atoms with Gasteiger partial charge in [-0.15, -0.1) is 0 Å². The second-order valence-electron chi connectivity index (χ2n) is 3.92. The molecule has 5 nitrogen and oxygen atoms in total. The standard InChI is InChI=1S/C12H18N4OS/c1-3-5-14-9(17)7-16-12-10(11(13)18)8(2)4-6-15-12/h4,6H,3,5,7H2,1-2H3,(H2,13,18)(H,14,17)(H,15,16). The van der Waals surface area contributed by atoms with E-state index in [-0.39, 0.29) is 17.4 Å². The molecule has 0 saturated heterocycles. The molecule has 1 rings (SSSR count). The number of hydrogen-bond donors (Lipinski definition) is 3. The van der Waals surface area contributed by atoms with Crippen LogP contribution in [0.1, 0.15) is 24.5 Å². The molecule has 18 heavy (non-hydrogen) atoms. The summed E-state index contributed by atoms with van der Waals surface area (Å²) in [5.41, 5.74) is 7.28. The number of amides is 1. The van der Waals surface area contributed by atoms with Crippen molar-refractivity contribution in [2.75, 3.05) is 18.4 Å². The van der Waals surface area contributed by atoms with Crippen molar-refractivity contribution in [3.8, 4) is 0 Å². The van der Waals surface area contributed by atoms with E-state index in [1.165, 1.54) is 0 Å². The quantitative estimate of drug-likeness (QED) is 0.668. The Morgan fingerprint density at radius 3 is 2.89 bits per heavy atom. The predicted molar refractivity (Wildman–Crippen MR) is 76.7 cm³/mol. The Labute approximate surface area is 112 Å². The summed E-state index contributed by atoms with van der Waals surface area (Å²) in [4.78, 5) is 15.9. The number of rotatable bonds is 6. The number of nitrogens with two attached hydrogens (primary N) is 1. The molecule has 0 aromatic carbocycles. The fraction of sp³-hybridized carbons (Fsp3) is 0.417. The largest absolute Gasteiger partial charge is 0.389 e. The first-order valence-electron chi connectivity index (χ1n) is 5.82. The Morgan fingerprint density at radius 2 is 2.28 bits per heavy atom. The molecule has 0 aliphatic heterocycles. The number of pyridine rings is 1. The maximum Gasteiger partial charge on any atom is 0.239 e. The molecule has 0 bridgehead atoms. The molecule has 0 fully saturated rings. The lowest BCUT2D eigenvalue weighted by Gasteiger charge is -2.12. The smallest absolute Gasteiger partial charge is 0.239 e. The van der Waals surface area contributed by atoms with Crippen LogP contribution in [-0.2, 0) is 4.79 Å². The van der Waals surface area contributed by atoms with Crippen LogP contribution < -0.4 is 16.4 Å². The average molecular weight is 266 g/mol. The third-order valence-corrected chi connectivity index (χ3v) is 2.60. The number of aryl methyl sites for hydroxylation is 1. The summed E-state index contributed by atoms with van der Waals surface area (Å²) in [7, 11) is 0. The summed E-state index contributed by atoms with van der Waals surface area (Å²) in [6.45, 7) is 4.73. The van der Waals surface area contributed by atoms with Crippen LogP contribution in [-0.4, -0.2) is 29.0 Å². The van der Waals surface area contributed by atoms with Crippen LogP contribution in [0.4, 0.5) is 5.82 Å². The van der Waals surface area contributed by atoms with Crippen LogP contribution in [0.2, 0.25) is 0 Å². The number of carbonyl (C=O) groups excluding carboxylic acids is 1. The number of carbonyl (C=O) groups is 1. The summed E-state index contributed by atoms with van der Waals surface area (Å²) in [5, 5.41) is 5.73. The van der Waals surface area contributed by atoms with E-state index in [9.17, 15) is 4.79 Å². The lowest BCUT2D eigenvalue weighted by atomic mass is 10.1. The molecule has 1 amide bonds. The molecule has 0 atom stereocenters. The van der Waals surface area contributed by atoms with Crippen molar-refractivity contribution >= 4 is 28.9 Å². The number of thiocarbonyl (C=S) groups is 1. The highest BCUT2D eigenvalue weighted by atomic mass is 32.1. The maximum atomic E-state index is 11.5. The Balaban J connectivity index is 2.70. The van der Waals surface area contributed by atoms with Crippen molar-refractivity contribution in [1.29, 1.82) is 0 Å². The Morgan fingerprint density at radius 1 is 1.56 bits per heavy atom. The van der Waals surface area contributed by atoms with Crippen LogP contribution in [0.5, 0.6) is 0 Å². The predicted octanol–water partition coefficient (Wildman–Crippen LogP) is 0.962. The van der Waals surface area contributed by atoms with Crippen molar-refractivity contribution in [1.82, 2.24) is 10.3 Å². The van der Waals surface area contributed by atoms with Crippen molar-refractivity contribution in [2.24, 2.45) is 5.73 Å². The third-order valence-electron chi connectivity index (χ3n) is 2.39. The van der Waals surface area contributed by atoms with Crippen molar-refractivity contribution in [2.45, 2.75) is 20.3 Å². The molecular weight excluding hydrogens is 248 g/mol. The van der Waals surface area contributed by atoms with Gasteiger partial charge in [-0.05, 0) is 25.0 Å². The summed E-state index contributed by atoms with van der Waals surface area (Å²) in [6.07, 6.45) is 2.57. The highest BCUT2D eigenvalue weighted by Gasteiger charge is 2.10. The van der Waals surface area contributed by atoms with Gasteiger partial charge in [-0.3, -0.25) is 4.79 Å². The van der Waals surface area contributed by atoms with Crippen LogP contribution in [0.25, 0.3) is 0 Å². The molecule has 1 heterocycles. The van der Waals surface area contributed by atoms with E-state index in [1.54, 1.807) is 6.20 Å². The van der Waals surface area contributed by atoms with Gasteiger partial charge in [0.05, 0.1) is 12.1 Å². The van der Waals surface area contributed by atoms with Gasteiger partial charge in [0.25, 0.3) is 0 Å². The maximum absolute atomic E-state index is 11.5. The molecule has 4 N–H and O–H groups in total. The van der Waals surface area contributed by atoms with Crippen molar-refractivity contribution in [3.63, 3.8) is 0 Å². The van der Waals surface area contributed by atoms with Gasteiger partial charge >= 0.3 is 0 Å². The first-order valence-corrected chi connectivity index (χ1v) is 6.23. The second-order valence-corrected chi connectivity index (χ2v) is 4.36. The molecule has 0 unspecified atom stereocenters. The van der Waals surface area contributed by atoms with Gasteiger partial charge in [0.2, 0.25) is 5.91 Å². The monoisotopic (exact) mass is 266 g/mol. The van der Waals surface area contributed by atoms with Crippen molar-refractivity contribution < 1.29 is 4.79 Å². The first kappa shape index (κ1) is 14.4. The van der Waals surface area contributed by atoms with E-state index < -0.39 is 0 Å². The molecule has 0 aliphatic rings. The van der Waals surface area contributed by atoms with Crippen LogP contribution >= 0.6 is 12.2 Å². The minimum atomic E-state index is -0.0750. The second kappa shape index (κ2) is 6.90. The van der Waals surface area contributed by atoms with E-state index >= 15 is 0 Å². The normalized spacial score (nSPS) is 9.89. The summed E-state index contributed by atoms with van der Waals surface area (Å²) in [5.74, 6) is 0.475. The summed E-state index contributed by atoms with van der Waals surface area (Å²) >= 11 is 4.98. The van der Waals surface area contributed by atoms with Gasteiger partial charge in [-0.25, -0.2) is 4.98 Å². The molecule has 0 radical (unpaired) electrons. The zero-order valence-electron chi connectivity index (χ0n) is 10.6. The fourth-order valence-corrected chi connectivity index (χ4v) is 1.75. The SMILES string of the molecule is CCCNC(=O)CNc1nccc(C)c1C(N)=S. The average Bonchev–Trinajstić information content (AvgIpc) is 2.33. The third kappa shape index (κ3) is 3.96. The van der Waals surface area contributed by atoms with Gasteiger partial charge in [0.15, 0.2) is 0 Å². The number of nitrogens with one attached hydrogen (secondary N) is 2. The van der Waals surface area contributed by atoms with E-state index in [0.29, 0.717) is 17.9 Å². The molecule has 0 saturated carbocycles. The molecule has 1 aromatic heterocycles. The molecule has 0 aliphatic carbocycles. The van der Waals surface area contributed by atoms with Crippen molar-refractivity contribution in [3.05, 3.63) is 23.4 Å². The molecule has 0 spiro atoms. The Bertz CT molecular complexity index is 448. The highest BCUT2D eigenvalue weighted by Crippen LogP contribution is 2.15. The highest BCUT2D eigenvalue weighted by molar-refractivity contribution is 7.80. The van der Waals surface area contributed by atoms with E-state index in [2.05, 4.69) is 15.6 Å². The van der Waals surface area contributed by atoms with Gasteiger partial charge in [-0.2, -0.15) is 0 Å². The van der Waals surface area contributed by atoms with Crippen LogP contribution in [0, 0.1) is 6.92 Å². The van der Waals surface area contributed by atoms with E-state index in [1.807, 2.05) is 19.9 Å². The minimum absolute atomic E-state index is 0.0750. The van der Waals surface area contributed by atoms with Crippen LogP contribution in [0.15, 0.2) is 12.3 Å². The van der Waals surface area contributed by atoms with Gasteiger partial charge < -0.3 is 16.4 Å². The fourth-order valence-electron chi connectivity index (χ4n) is 1.49. The molecule has 1 aromatic rings. The summed E-state index contributed by atoms with van der Waals surface area (Å²) in [6, 6.07) is 1.83. The van der Waals surface area contributed by atoms with E-state index in [4.69, 9.17) is 18.0 Å². The topological polar surface area (TPSA) is 80.0 Å². The van der Waals surface area contributed by atoms with Crippen LogP contribution in [0.3, 0.4) is 0 Å². The molecule has 98 valence electrons. The summed E-state index contributed by atoms with van der Waals surface area (Å²) < 4.78 is 0. The van der Waals surface area contributed by atoms with Gasteiger partial charge in [0.1, 0.15) is 10.8 Å². The van der Waals surface area contributed by atoms with Gasteiger partial charge in [-0.1, -0.05) is 19.1 Å². The Hall–Kier alpha value is -1.69. The number of anilines is 1. The number of nitrogens with zero attached hydrogens (tertiary/aromatic N) is 1. The number of aromatic nitrogens is 1. The zero-order chi connectivity index (χ0) is 13.5. The minimum Gasteiger partial charge on any atom is -0.389 e. The molecular formula is C12H18N4OS. The molecule has 6 heteroatoms. The van der Waals surface area contributed by atoms with Gasteiger partial charge in [0, 0.05) is 12.7 Å². The van der Waals surface area contributed by atoms with E-state index in [0.717, 1.165) is 12.0 Å². The zero-order valence-corrected chi connectivity index (χ0v) is 11.4. The number of hydrogen-bond acceptors (Lipinski definition) is 4. The first-order chi connectivity index (χ1) is 8.56.